The lowest BCUT2D eigenvalue weighted by molar-refractivity contribution is -0.154. The third-order valence-electron chi connectivity index (χ3n) is 1.21. The lowest BCUT2D eigenvalue weighted by atomic mass is 10.2. The van der Waals surface area contributed by atoms with Crippen molar-refractivity contribution in [3.63, 3.8) is 0 Å². The SMILES string of the molecule is CC(C)(C)OC(=O)C(Br)(Br)C(C)(Br)Br. The van der Waals surface area contributed by atoms with Crippen molar-refractivity contribution in [1.29, 1.82) is 0 Å². The quantitative estimate of drug-likeness (QED) is 0.454. The maximum absolute atomic E-state index is 11.8. The molecule has 0 rings (SSSR count). The van der Waals surface area contributed by atoms with Gasteiger partial charge in [0.2, 0.25) is 3.23 Å². The molecule has 0 aromatic heterocycles. The maximum Gasteiger partial charge on any atom is 0.336 e. The normalized spacial score (nSPS) is 14.0. The Hall–Kier alpha value is 1.39. The van der Waals surface area contributed by atoms with Crippen LogP contribution in [0.4, 0.5) is 0 Å². The number of alkyl halides is 4. The first-order chi connectivity index (χ1) is 5.88. The highest BCUT2D eigenvalue weighted by Crippen LogP contribution is 2.49. The molecule has 0 aliphatic rings. The van der Waals surface area contributed by atoms with E-state index < -0.39 is 12.1 Å². The largest absolute Gasteiger partial charge is 0.458 e. The van der Waals surface area contributed by atoms with Gasteiger partial charge in [-0.1, -0.05) is 63.7 Å². The number of carbonyl (C=O) groups excluding carboxylic acids is 1. The minimum absolute atomic E-state index is 0.388. The molecule has 0 N–H and O–H groups in total. The van der Waals surface area contributed by atoms with E-state index in [4.69, 9.17) is 4.74 Å². The number of hydrogen-bond acceptors (Lipinski definition) is 2. The van der Waals surface area contributed by atoms with Crippen molar-refractivity contribution in [2.45, 2.75) is 39.8 Å². The second-order valence-electron chi connectivity index (χ2n) is 3.96. The molecule has 0 unspecified atom stereocenters. The first-order valence-electron chi connectivity index (χ1n) is 3.87. The van der Waals surface area contributed by atoms with Crippen LogP contribution in [0, 0.1) is 0 Å². The summed E-state index contributed by atoms with van der Waals surface area (Å²) in [4.78, 5) is 11.8. The number of halogens is 4. The summed E-state index contributed by atoms with van der Waals surface area (Å²) in [5, 5.41) is 0. The van der Waals surface area contributed by atoms with Crippen LogP contribution in [-0.4, -0.2) is 18.0 Å². The van der Waals surface area contributed by atoms with Crippen molar-refractivity contribution >= 4 is 69.7 Å². The molecule has 0 saturated heterocycles. The minimum Gasteiger partial charge on any atom is -0.458 e. The van der Waals surface area contributed by atoms with Gasteiger partial charge < -0.3 is 4.74 Å². The lowest BCUT2D eigenvalue weighted by Gasteiger charge is -2.32. The van der Waals surface area contributed by atoms with Gasteiger partial charge in [0.25, 0.3) is 0 Å². The fourth-order valence-corrected chi connectivity index (χ4v) is 1.01. The maximum atomic E-state index is 11.8. The van der Waals surface area contributed by atoms with Gasteiger partial charge in [0, 0.05) is 0 Å². The highest BCUT2D eigenvalue weighted by Gasteiger charge is 2.50. The summed E-state index contributed by atoms with van der Waals surface area (Å²) in [5.74, 6) is -0.388. The Balaban J connectivity index is 4.70. The Bertz CT molecular complexity index is 224. The molecule has 0 radical (unpaired) electrons. The average Bonchev–Trinajstić information content (AvgIpc) is 1.80. The van der Waals surface area contributed by atoms with E-state index in [1.807, 2.05) is 20.8 Å². The van der Waals surface area contributed by atoms with Crippen molar-refractivity contribution in [2.75, 3.05) is 0 Å². The minimum atomic E-state index is -1.000. The van der Waals surface area contributed by atoms with E-state index in [9.17, 15) is 4.79 Å². The third-order valence-corrected chi connectivity index (χ3v) is 6.76. The predicted octanol–water partition coefficient (Wildman–Crippen LogP) is 4.32. The van der Waals surface area contributed by atoms with Crippen molar-refractivity contribution in [1.82, 2.24) is 0 Å². The Morgan fingerprint density at radius 3 is 1.57 bits per heavy atom. The number of carbonyl (C=O) groups is 1. The first kappa shape index (κ1) is 15.4. The summed E-state index contributed by atoms with van der Waals surface area (Å²) in [7, 11) is 0. The summed E-state index contributed by atoms with van der Waals surface area (Å²) < 4.78 is 3.61. The standard InChI is InChI=1S/C8H12Br4O2/c1-6(2,3)14-5(13)8(11,12)7(4,9)10/h1-4H3. The van der Waals surface area contributed by atoms with E-state index in [0.29, 0.717) is 0 Å². The zero-order chi connectivity index (χ0) is 11.8. The molecule has 0 amide bonds. The Labute approximate surface area is 118 Å². The van der Waals surface area contributed by atoms with E-state index in [0.717, 1.165) is 0 Å². The molecule has 0 fully saturated rings. The smallest absolute Gasteiger partial charge is 0.336 e. The molecule has 0 aromatic rings. The van der Waals surface area contributed by atoms with Crippen LogP contribution in [0.15, 0.2) is 0 Å². The highest BCUT2D eigenvalue weighted by atomic mass is 79.9. The molecule has 0 spiro atoms. The predicted molar refractivity (Wildman–Crippen MR) is 72.7 cm³/mol. The van der Waals surface area contributed by atoms with Crippen LogP contribution in [0.3, 0.4) is 0 Å². The topological polar surface area (TPSA) is 26.3 Å². The van der Waals surface area contributed by atoms with Crippen LogP contribution < -0.4 is 0 Å². The van der Waals surface area contributed by atoms with E-state index in [2.05, 4.69) is 63.7 Å². The average molecular weight is 460 g/mol. The zero-order valence-corrected chi connectivity index (χ0v) is 14.7. The zero-order valence-electron chi connectivity index (χ0n) is 8.33. The van der Waals surface area contributed by atoms with Gasteiger partial charge in [0.15, 0.2) is 0 Å². The second kappa shape index (κ2) is 4.72. The molecule has 0 heterocycles. The summed E-state index contributed by atoms with van der Waals surface area (Å²) in [5.41, 5.74) is -0.505. The van der Waals surface area contributed by atoms with E-state index in [1.54, 1.807) is 6.92 Å². The first-order valence-corrected chi connectivity index (χ1v) is 7.04. The van der Waals surface area contributed by atoms with Gasteiger partial charge >= 0.3 is 5.97 Å². The van der Waals surface area contributed by atoms with Crippen LogP contribution in [0.2, 0.25) is 0 Å². The summed E-state index contributed by atoms with van der Waals surface area (Å²) in [6.07, 6.45) is 0. The molecule has 6 heteroatoms. The molecule has 0 atom stereocenters. The van der Waals surface area contributed by atoms with E-state index in [-0.39, 0.29) is 5.97 Å². The highest BCUT2D eigenvalue weighted by molar-refractivity contribution is 9.30. The van der Waals surface area contributed by atoms with Gasteiger partial charge in [-0.25, -0.2) is 4.79 Å². The summed E-state index contributed by atoms with van der Waals surface area (Å²) >= 11 is 13.2. The van der Waals surface area contributed by atoms with Crippen LogP contribution in [0.25, 0.3) is 0 Å². The van der Waals surface area contributed by atoms with Gasteiger partial charge in [-0.2, -0.15) is 0 Å². The van der Waals surface area contributed by atoms with Crippen LogP contribution >= 0.6 is 63.7 Å². The van der Waals surface area contributed by atoms with Gasteiger partial charge in [-0.15, -0.1) is 0 Å². The fourth-order valence-electron chi connectivity index (χ4n) is 0.521. The number of hydrogen-bond donors (Lipinski definition) is 0. The molecule has 14 heavy (non-hydrogen) atoms. The molecule has 0 aromatic carbocycles. The number of ether oxygens (including phenoxy) is 1. The molecule has 0 saturated carbocycles. The lowest BCUT2D eigenvalue weighted by Crippen LogP contribution is -2.43. The van der Waals surface area contributed by atoms with Gasteiger partial charge in [-0.3, -0.25) is 0 Å². The second-order valence-corrected chi connectivity index (χ2v) is 11.6. The third kappa shape index (κ3) is 4.49. The van der Waals surface area contributed by atoms with Crippen molar-refractivity contribution in [2.24, 2.45) is 0 Å². The van der Waals surface area contributed by atoms with Crippen molar-refractivity contribution in [3.8, 4) is 0 Å². The Morgan fingerprint density at radius 1 is 1.00 bits per heavy atom. The van der Waals surface area contributed by atoms with Crippen LogP contribution in [0.5, 0.6) is 0 Å². The molecular weight excluding hydrogens is 448 g/mol. The van der Waals surface area contributed by atoms with Gasteiger partial charge in [0.05, 0.1) is 0 Å². The van der Waals surface area contributed by atoms with Crippen LogP contribution in [-0.2, 0) is 9.53 Å². The monoisotopic (exact) mass is 456 g/mol. The van der Waals surface area contributed by atoms with Crippen LogP contribution in [0.1, 0.15) is 27.7 Å². The van der Waals surface area contributed by atoms with Gasteiger partial charge in [0.1, 0.15) is 8.83 Å². The molecule has 0 bridgehead atoms. The number of rotatable bonds is 2. The fraction of sp³-hybridized carbons (Fsp3) is 0.875. The Morgan fingerprint density at radius 2 is 1.36 bits per heavy atom. The molecule has 2 nitrogen and oxygen atoms in total. The molecule has 0 aliphatic heterocycles. The van der Waals surface area contributed by atoms with Crippen molar-refractivity contribution < 1.29 is 9.53 Å². The number of esters is 1. The molecular formula is C8H12Br4O2. The molecule has 84 valence electrons. The van der Waals surface area contributed by atoms with Gasteiger partial charge in [-0.05, 0) is 27.7 Å². The van der Waals surface area contributed by atoms with Crippen molar-refractivity contribution in [3.05, 3.63) is 0 Å². The van der Waals surface area contributed by atoms with E-state index >= 15 is 0 Å². The Kier molecular flexibility index (Phi) is 5.18. The molecule has 0 aliphatic carbocycles. The van der Waals surface area contributed by atoms with E-state index in [1.165, 1.54) is 0 Å². The summed E-state index contributed by atoms with van der Waals surface area (Å²) in [6.45, 7) is 7.25. The summed E-state index contributed by atoms with van der Waals surface area (Å²) in [6, 6.07) is 0.